The normalized spacial score (nSPS) is 10.2. The van der Waals surface area contributed by atoms with E-state index in [1.807, 2.05) is 0 Å². The smallest absolute Gasteiger partial charge is 0.312 e. The summed E-state index contributed by atoms with van der Waals surface area (Å²) >= 11 is 2.90. The summed E-state index contributed by atoms with van der Waals surface area (Å²) in [4.78, 5) is 14.3. The van der Waals surface area contributed by atoms with E-state index in [9.17, 15) is 14.5 Å². The molecule has 0 aliphatic carbocycles. The van der Waals surface area contributed by atoms with Gasteiger partial charge < -0.3 is 10.2 Å². The van der Waals surface area contributed by atoms with Crippen molar-refractivity contribution in [3.05, 3.63) is 56.4 Å². The van der Waals surface area contributed by atoms with Crippen molar-refractivity contribution in [1.82, 2.24) is 4.98 Å². The van der Waals surface area contributed by atoms with Crippen LogP contribution in [-0.4, -0.2) is 9.91 Å². The summed E-state index contributed by atoms with van der Waals surface area (Å²) < 4.78 is 18.8. The van der Waals surface area contributed by atoms with E-state index < -0.39 is 10.7 Å². The molecule has 0 saturated heterocycles. The van der Waals surface area contributed by atoms with Gasteiger partial charge in [0, 0.05) is 23.9 Å². The Labute approximate surface area is 127 Å². The highest BCUT2D eigenvalue weighted by Crippen LogP contribution is 2.33. The number of nitrogens with one attached hydrogen (secondary N) is 1. The Morgan fingerprint density at radius 1 is 1.52 bits per heavy atom. The number of anilines is 1. The first kappa shape index (κ1) is 15.1. The molecule has 1 aromatic heterocycles. The van der Waals surface area contributed by atoms with E-state index in [0.717, 1.165) is 12.1 Å². The number of aromatic nitrogens is 1. The third-order valence-corrected chi connectivity index (χ3v) is 3.22. The van der Waals surface area contributed by atoms with Crippen LogP contribution in [0.5, 0.6) is 5.75 Å². The van der Waals surface area contributed by atoms with Crippen LogP contribution >= 0.6 is 15.9 Å². The van der Waals surface area contributed by atoms with Gasteiger partial charge in [-0.05, 0) is 22.0 Å². The average Bonchev–Trinajstić information content (AvgIpc) is 2.48. The van der Waals surface area contributed by atoms with Gasteiger partial charge in [0.1, 0.15) is 18.2 Å². The molecular formula is C12H10BrFN4O3. The molecule has 1 aromatic carbocycles. The fourth-order valence-corrected chi connectivity index (χ4v) is 1.95. The van der Waals surface area contributed by atoms with Gasteiger partial charge in [-0.1, -0.05) is 6.07 Å². The first-order valence-electron chi connectivity index (χ1n) is 5.69. The Balaban J connectivity index is 2.27. The minimum atomic E-state index is -0.654. The fourth-order valence-electron chi connectivity index (χ4n) is 1.62. The number of nitrogens with two attached hydrogens (primary N) is 1. The van der Waals surface area contributed by atoms with Crippen molar-refractivity contribution in [3.63, 3.8) is 0 Å². The average molecular weight is 357 g/mol. The fraction of sp³-hybridized carbons (Fsp3) is 0.0833. The molecule has 2 aromatic rings. The molecular weight excluding hydrogens is 347 g/mol. The highest BCUT2D eigenvalue weighted by atomic mass is 79.9. The molecule has 0 aliphatic rings. The molecule has 0 atom stereocenters. The maximum Gasteiger partial charge on any atom is 0.312 e. The van der Waals surface area contributed by atoms with E-state index in [1.165, 1.54) is 6.20 Å². The zero-order valence-electron chi connectivity index (χ0n) is 10.5. The third-order valence-electron chi connectivity index (χ3n) is 2.61. The van der Waals surface area contributed by atoms with Gasteiger partial charge in [-0.3, -0.25) is 10.1 Å². The highest BCUT2D eigenvalue weighted by molar-refractivity contribution is 9.10. The van der Waals surface area contributed by atoms with Gasteiger partial charge in [0.05, 0.1) is 9.40 Å². The second-order valence-electron chi connectivity index (χ2n) is 3.94. The Kier molecular flexibility index (Phi) is 4.66. The minimum Gasteiger partial charge on any atom is -0.482 e. The number of nitrogen functional groups attached to an aromatic ring is 1. The molecule has 0 unspecified atom stereocenters. The SMILES string of the molecule is NNc1ncccc1COc1cc(F)c(Br)cc1[N+](=O)[O-]. The third kappa shape index (κ3) is 3.44. The molecule has 3 N–H and O–H groups in total. The topological polar surface area (TPSA) is 103 Å². The first-order valence-corrected chi connectivity index (χ1v) is 6.49. The first-order chi connectivity index (χ1) is 10.0. The van der Waals surface area contributed by atoms with Crippen molar-refractivity contribution in [1.29, 1.82) is 0 Å². The molecule has 0 aliphatic heterocycles. The van der Waals surface area contributed by atoms with Gasteiger partial charge in [-0.25, -0.2) is 15.2 Å². The Bertz CT molecular complexity index is 684. The van der Waals surface area contributed by atoms with E-state index in [2.05, 4.69) is 26.3 Å². The number of hydrogen-bond donors (Lipinski definition) is 2. The predicted molar refractivity (Wildman–Crippen MR) is 77.1 cm³/mol. The van der Waals surface area contributed by atoms with Crippen LogP contribution in [0.3, 0.4) is 0 Å². The lowest BCUT2D eigenvalue weighted by Crippen LogP contribution is -2.12. The minimum absolute atomic E-state index is 0.00718. The summed E-state index contributed by atoms with van der Waals surface area (Å²) in [5.74, 6) is 4.84. The molecule has 0 bridgehead atoms. The molecule has 1 heterocycles. The Morgan fingerprint density at radius 3 is 2.95 bits per heavy atom. The Hall–Kier alpha value is -2.26. The van der Waals surface area contributed by atoms with Crippen LogP contribution < -0.4 is 16.0 Å². The van der Waals surface area contributed by atoms with Crippen LogP contribution in [0.15, 0.2) is 34.9 Å². The number of pyridine rings is 1. The quantitative estimate of drug-likeness (QED) is 0.485. The van der Waals surface area contributed by atoms with Crippen LogP contribution in [0.4, 0.5) is 15.9 Å². The molecule has 0 saturated carbocycles. The summed E-state index contributed by atoms with van der Waals surface area (Å²) in [5.41, 5.74) is 2.63. The number of ether oxygens (including phenoxy) is 1. The number of nitro benzene ring substituents is 1. The molecule has 2 rings (SSSR count). The molecule has 7 nitrogen and oxygen atoms in total. The van der Waals surface area contributed by atoms with Crippen molar-refractivity contribution in [2.75, 3.05) is 5.43 Å². The van der Waals surface area contributed by atoms with Gasteiger partial charge in [-0.15, -0.1) is 0 Å². The molecule has 0 fully saturated rings. The lowest BCUT2D eigenvalue weighted by Gasteiger charge is -2.10. The molecule has 9 heteroatoms. The predicted octanol–water partition coefficient (Wildman–Crippen LogP) is 2.76. The summed E-state index contributed by atoms with van der Waals surface area (Å²) in [6.45, 7) is -0.0463. The maximum atomic E-state index is 13.5. The van der Waals surface area contributed by atoms with Crippen molar-refractivity contribution in [3.8, 4) is 5.75 Å². The second kappa shape index (κ2) is 6.46. The van der Waals surface area contributed by atoms with Crippen LogP contribution in [0.2, 0.25) is 0 Å². The number of nitrogens with zero attached hydrogens (tertiary/aromatic N) is 2. The number of nitro groups is 1. The van der Waals surface area contributed by atoms with Gasteiger partial charge in [0.25, 0.3) is 0 Å². The number of halogens is 2. The summed E-state index contributed by atoms with van der Waals surface area (Å²) in [6.07, 6.45) is 1.53. The van der Waals surface area contributed by atoms with Crippen molar-refractivity contribution >= 4 is 27.4 Å². The highest BCUT2D eigenvalue weighted by Gasteiger charge is 2.19. The summed E-state index contributed by atoms with van der Waals surface area (Å²) in [5, 5.41) is 11.0. The standard InChI is InChI=1S/C12H10BrFN4O3/c13-8-4-10(18(19)20)11(5-9(8)14)21-6-7-2-1-3-16-12(7)17-15/h1-5H,6,15H2,(H,16,17). The lowest BCUT2D eigenvalue weighted by atomic mass is 10.2. The van der Waals surface area contributed by atoms with Gasteiger partial charge in [0.2, 0.25) is 0 Å². The number of hydrogen-bond acceptors (Lipinski definition) is 6. The Morgan fingerprint density at radius 2 is 2.29 bits per heavy atom. The second-order valence-corrected chi connectivity index (χ2v) is 4.79. The molecule has 0 amide bonds. The zero-order valence-corrected chi connectivity index (χ0v) is 12.1. The van der Waals surface area contributed by atoms with Crippen molar-refractivity contribution < 1.29 is 14.1 Å². The maximum absolute atomic E-state index is 13.5. The van der Waals surface area contributed by atoms with Crippen molar-refractivity contribution in [2.24, 2.45) is 5.84 Å². The molecule has 21 heavy (non-hydrogen) atoms. The van der Waals surface area contributed by atoms with Crippen LogP contribution in [0, 0.1) is 15.9 Å². The molecule has 110 valence electrons. The van der Waals surface area contributed by atoms with Crippen molar-refractivity contribution in [2.45, 2.75) is 6.61 Å². The summed E-state index contributed by atoms with van der Waals surface area (Å²) in [7, 11) is 0. The summed E-state index contributed by atoms with van der Waals surface area (Å²) in [6, 6.07) is 5.35. The van der Waals surface area contributed by atoms with E-state index in [0.29, 0.717) is 11.4 Å². The van der Waals surface area contributed by atoms with E-state index in [-0.39, 0.29) is 22.5 Å². The monoisotopic (exact) mass is 356 g/mol. The van der Waals surface area contributed by atoms with Crippen LogP contribution in [-0.2, 0) is 6.61 Å². The zero-order chi connectivity index (χ0) is 15.4. The number of benzene rings is 1. The van der Waals surface area contributed by atoms with Crippen LogP contribution in [0.25, 0.3) is 0 Å². The van der Waals surface area contributed by atoms with E-state index in [1.54, 1.807) is 12.1 Å². The van der Waals surface area contributed by atoms with Gasteiger partial charge in [-0.2, -0.15) is 0 Å². The van der Waals surface area contributed by atoms with Gasteiger partial charge in [0.15, 0.2) is 5.75 Å². The van der Waals surface area contributed by atoms with E-state index >= 15 is 0 Å². The largest absolute Gasteiger partial charge is 0.482 e. The lowest BCUT2D eigenvalue weighted by molar-refractivity contribution is -0.386. The number of rotatable bonds is 5. The van der Waals surface area contributed by atoms with Crippen LogP contribution in [0.1, 0.15) is 5.56 Å². The van der Waals surface area contributed by atoms with Gasteiger partial charge >= 0.3 is 5.69 Å². The number of hydrazine groups is 1. The molecule has 0 spiro atoms. The van der Waals surface area contributed by atoms with E-state index in [4.69, 9.17) is 10.6 Å². The molecule has 0 radical (unpaired) electrons.